The number of benzene rings is 6. The van der Waals surface area contributed by atoms with Gasteiger partial charge >= 0.3 is 7.69 Å². The molecule has 1 radical (unpaired) electrons. The molecule has 10 nitrogen and oxygen atoms in total. The molecule has 2 fully saturated rings. The van der Waals surface area contributed by atoms with Crippen molar-refractivity contribution in [3.63, 3.8) is 0 Å². The highest BCUT2D eigenvalue weighted by atomic mass is 32.2. The van der Waals surface area contributed by atoms with Crippen LogP contribution < -0.4 is 18.8 Å². The molecule has 6 aromatic carbocycles. The quantitative estimate of drug-likeness (QED) is 0.0688. The second-order valence-corrected chi connectivity index (χ2v) is 16.1. The van der Waals surface area contributed by atoms with E-state index in [1.54, 1.807) is 97.1 Å². The average Bonchev–Trinajstić information content (AvgIpc) is 3.71. The van der Waals surface area contributed by atoms with Gasteiger partial charge in [-0.15, -0.1) is 0 Å². The van der Waals surface area contributed by atoms with Gasteiger partial charge in [-0.1, -0.05) is 72.8 Å². The van der Waals surface area contributed by atoms with Crippen LogP contribution in [0.15, 0.2) is 155 Å². The zero-order valence-electron chi connectivity index (χ0n) is 33.1. The molecule has 313 valence electrons. The zero-order valence-corrected chi connectivity index (χ0v) is 34.8. The van der Waals surface area contributed by atoms with E-state index in [0.717, 1.165) is 55.6 Å². The van der Waals surface area contributed by atoms with Gasteiger partial charge in [-0.2, -0.15) is 0 Å². The van der Waals surface area contributed by atoms with Gasteiger partial charge in [-0.3, -0.25) is 29.0 Å². The Morgan fingerprint density at radius 3 is 1.27 bits per heavy atom. The lowest BCUT2D eigenvalue weighted by Crippen LogP contribution is -2.27. The predicted molar refractivity (Wildman–Crippen MR) is 237 cm³/mol. The van der Waals surface area contributed by atoms with Gasteiger partial charge in [-0.05, 0) is 142 Å². The first kappa shape index (κ1) is 42.6. The Hall–Kier alpha value is -7.10. The summed E-state index contributed by atoms with van der Waals surface area (Å²) in [5.74, 6) is 0.738. The van der Waals surface area contributed by atoms with Crippen molar-refractivity contribution >= 4 is 65.7 Å². The van der Waals surface area contributed by atoms with Gasteiger partial charge in [0.15, 0.2) is 0 Å². The first-order valence-corrected chi connectivity index (χ1v) is 21.0. The molecule has 0 aromatic heterocycles. The minimum Gasteiger partial charge on any atom is -0.526 e. The van der Waals surface area contributed by atoms with Gasteiger partial charge in [0.05, 0.1) is 22.9 Å². The van der Waals surface area contributed by atoms with Crippen LogP contribution in [0, 0.1) is 11.6 Å². The molecule has 2 aliphatic rings. The van der Waals surface area contributed by atoms with Gasteiger partial charge in [0.2, 0.25) is 0 Å². The maximum atomic E-state index is 13.3. The summed E-state index contributed by atoms with van der Waals surface area (Å²) in [4.78, 5) is 53.8. The van der Waals surface area contributed by atoms with E-state index in [0.29, 0.717) is 43.9 Å². The average molecular weight is 880 g/mol. The first-order valence-electron chi connectivity index (χ1n) is 19.4. The highest BCUT2D eigenvalue weighted by Gasteiger charge is 2.36. The molecular weight excluding hydrogens is 845 g/mol. The fraction of sp³-hybridized carbons (Fsp3) is 0.0833. The number of carbonyl (C=O) groups is 4. The summed E-state index contributed by atoms with van der Waals surface area (Å²) in [6.07, 6.45) is 3.32. The van der Waals surface area contributed by atoms with E-state index < -0.39 is 11.8 Å². The van der Waals surface area contributed by atoms with Crippen molar-refractivity contribution in [2.45, 2.75) is 26.3 Å². The van der Waals surface area contributed by atoms with E-state index in [1.807, 2.05) is 36.4 Å². The van der Waals surface area contributed by atoms with Crippen LogP contribution >= 0.6 is 23.5 Å². The van der Waals surface area contributed by atoms with Crippen molar-refractivity contribution in [1.82, 2.24) is 9.80 Å². The molecule has 6 aromatic rings. The molecule has 15 heteroatoms. The fourth-order valence-electron chi connectivity index (χ4n) is 6.33. The van der Waals surface area contributed by atoms with E-state index >= 15 is 0 Å². The summed E-state index contributed by atoms with van der Waals surface area (Å²) >= 11 is 1.73. The third-order valence-corrected chi connectivity index (χ3v) is 11.4. The van der Waals surface area contributed by atoms with E-state index in [1.165, 1.54) is 32.0 Å². The Labute approximate surface area is 370 Å². The predicted octanol–water partition coefficient (Wildman–Crippen LogP) is 10.6. The molecule has 0 spiro atoms. The normalized spacial score (nSPS) is 15.1. The molecule has 0 unspecified atom stereocenters. The second-order valence-electron chi connectivity index (χ2n) is 14.1. The Morgan fingerprint density at radius 2 is 0.873 bits per heavy atom. The minimum atomic E-state index is -0.399. The number of hydrogen-bond acceptors (Lipinski definition) is 10. The summed E-state index contributed by atoms with van der Waals surface area (Å²) < 4.78 is 50.0. The smallest absolute Gasteiger partial charge is 0.526 e. The molecule has 0 bridgehead atoms. The van der Waals surface area contributed by atoms with Crippen LogP contribution in [0.5, 0.6) is 23.0 Å². The van der Waals surface area contributed by atoms with Crippen LogP contribution in [-0.4, -0.2) is 39.8 Å². The fourth-order valence-corrected chi connectivity index (χ4v) is 8.00. The van der Waals surface area contributed by atoms with Gasteiger partial charge in [0, 0.05) is 0 Å². The molecule has 8 rings (SSSR count). The van der Waals surface area contributed by atoms with Gasteiger partial charge in [0.1, 0.15) is 47.8 Å². The molecule has 0 atom stereocenters. The summed E-state index contributed by atoms with van der Waals surface area (Å²) in [5, 5.41) is -0.761. The Balaban J connectivity index is 0.769. The first-order chi connectivity index (χ1) is 30.6. The summed E-state index contributed by atoms with van der Waals surface area (Å²) in [5.41, 5.74) is 4.48. The van der Waals surface area contributed by atoms with Crippen molar-refractivity contribution in [3.8, 4) is 23.0 Å². The van der Waals surface area contributed by atoms with E-state index in [-0.39, 0.29) is 48.4 Å². The SMILES string of the molecule is O=C1SC(=Cc2ccc(OCc3cccc(O[B]Oc4cccc(COc5ccc(C=C6SC(=O)N(Cc7ccc(F)cc7)C6=O)cc5)c4)c3)cc2)C(=O)N1Cc1ccc(F)cc1. The number of thioether (sulfide) groups is 2. The molecule has 2 heterocycles. The maximum absolute atomic E-state index is 13.3. The number of nitrogens with zero attached hydrogens (tertiary/aromatic N) is 2. The molecule has 0 N–H and O–H groups in total. The number of hydrogen-bond donors (Lipinski definition) is 0. The highest BCUT2D eigenvalue weighted by molar-refractivity contribution is 8.18. The lowest BCUT2D eigenvalue weighted by atomic mass is 10.2. The highest BCUT2D eigenvalue weighted by Crippen LogP contribution is 2.35. The molecule has 2 aliphatic heterocycles. The van der Waals surface area contributed by atoms with Gasteiger partial charge in [0.25, 0.3) is 22.3 Å². The Bertz CT molecular complexity index is 2530. The van der Waals surface area contributed by atoms with Crippen LogP contribution in [0.3, 0.4) is 0 Å². The molecule has 0 saturated carbocycles. The second kappa shape index (κ2) is 19.7. The summed E-state index contributed by atoms with van der Waals surface area (Å²) in [6, 6.07) is 40.4. The maximum Gasteiger partial charge on any atom is 0.658 e. The molecular formula is C48H34BF2N2O8S2. The molecule has 0 aliphatic carbocycles. The van der Waals surface area contributed by atoms with Crippen LogP contribution in [0.2, 0.25) is 0 Å². The third kappa shape index (κ3) is 11.2. The van der Waals surface area contributed by atoms with E-state index in [4.69, 9.17) is 18.8 Å². The zero-order chi connectivity index (χ0) is 43.7. The topological polar surface area (TPSA) is 112 Å². The number of ether oxygens (including phenoxy) is 2. The van der Waals surface area contributed by atoms with Gasteiger partial charge in [-0.25, -0.2) is 8.78 Å². The largest absolute Gasteiger partial charge is 0.658 e. The van der Waals surface area contributed by atoms with Crippen molar-refractivity contribution in [2.75, 3.05) is 0 Å². The van der Waals surface area contributed by atoms with Crippen molar-refractivity contribution < 1.29 is 46.7 Å². The van der Waals surface area contributed by atoms with Crippen molar-refractivity contribution in [3.05, 3.63) is 200 Å². The van der Waals surface area contributed by atoms with Crippen LogP contribution in [0.4, 0.5) is 18.4 Å². The van der Waals surface area contributed by atoms with E-state index in [9.17, 15) is 28.0 Å². The lowest BCUT2D eigenvalue weighted by molar-refractivity contribution is -0.124. The number of imide groups is 2. The summed E-state index contributed by atoms with van der Waals surface area (Å²) in [6.45, 7) is 0.666. The van der Waals surface area contributed by atoms with Crippen LogP contribution in [0.1, 0.15) is 33.4 Å². The van der Waals surface area contributed by atoms with Gasteiger partial charge < -0.3 is 18.8 Å². The third-order valence-electron chi connectivity index (χ3n) is 9.59. The van der Waals surface area contributed by atoms with Crippen LogP contribution in [-0.2, 0) is 35.9 Å². The van der Waals surface area contributed by atoms with E-state index in [2.05, 4.69) is 0 Å². The minimum absolute atomic E-state index is 0.0683. The number of rotatable bonds is 16. The number of carbonyl (C=O) groups excluding carboxylic acids is 4. The molecule has 2 saturated heterocycles. The molecule has 4 amide bonds. The monoisotopic (exact) mass is 879 g/mol. The summed E-state index contributed by atoms with van der Waals surface area (Å²) in [7, 11) is 1.24. The Morgan fingerprint density at radius 1 is 0.476 bits per heavy atom. The molecule has 63 heavy (non-hydrogen) atoms. The van der Waals surface area contributed by atoms with Crippen LogP contribution in [0.25, 0.3) is 12.2 Å². The van der Waals surface area contributed by atoms with Crippen molar-refractivity contribution in [2.24, 2.45) is 0 Å². The number of amides is 4. The lowest BCUT2D eigenvalue weighted by Gasteiger charge is -2.12. The van der Waals surface area contributed by atoms with Crippen molar-refractivity contribution in [1.29, 1.82) is 0 Å². The number of halogens is 2. The standard InChI is InChI=1S/C48H34BF2N2O8S2/c50-37-15-7-33(8-16-37)27-52-45(54)43(62-47(52)56)25-31-11-19-39(20-12-31)58-29-35-3-1-5-41(23-35)60-49-61-42-6-2-4-36(24-42)30-59-40-21-13-32(14-22-40)26-44-46(55)53(48(57)63-44)28-34-9-17-38(51)18-10-34/h1-26H,27-30H2. The Kier molecular flexibility index (Phi) is 13.3.